The molecule has 3 rings (SSSR count). The minimum atomic E-state index is -0.781. The van der Waals surface area contributed by atoms with E-state index in [1.807, 2.05) is 17.9 Å². The molecule has 7 heteroatoms. The van der Waals surface area contributed by atoms with Crippen molar-refractivity contribution in [2.24, 2.45) is 0 Å². The smallest absolute Gasteiger partial charge is 0.326 e. The lowest BCUT2D eigenvalue weighted by atomic mass is 10.2. The molecule has 1 aromatic heterocycles. The van der Waals surface area contributed by atoms with Gasteiger partial charge in [-0.1, -0.05) is 0 Å². The minimum absolute atomic E-state index is 0.475. The van der Waals surface area contributed by atoms with E-state index in [9.17, 15) is 9.90 Å². The second-order valence-corrected chi connectivity index (χ2v) is 5.46. The highest BCUT2D eigenvalue weighted by Gasteiger charge is 2.32. The van der Waals surface area contributed by atoms with Gasteiger partial charge in [-0.15, -0.1) is 0 Å². The number of hydrogen-bond donors (Lipinski definition) is 1. The van der Waals surface area contributed by atoms with Gasteiger partial charge >= 0.3 is 5.97 Å². The Morgan fingerprint density at radius 1 is 1.33 bits per heavy atom. The van der Waals surface area contributed by atoms with Crippen molar-refractivity contribution in [1.29, 1.82) is 0 Å². The standard InChI is InChI=1S/C14H20N4O3/c1-10-9-12(18-4-2-3-11(18)13(19)20)16-14(15-10)17-5-7-21-8-6-17/h9,11H,2-8H2,1H3,(H,19,20)/t11-/m1/s1. The lowest BCUT2D eigenvalue weighted by Crippen LogP contribution is -2.39. The number of nitrogens with zero attached hydrogens (tertiary/aromatic N) is 4. The molecule has 2 aliphatic heterocycles. The van der Waals surface area contributed by atoms with Gasteiger partial charge in [0.1, 0.15) is 11.9 Å². The number of carboxylic acids is 1. The van der Waals surface area contributed by atoms with Gasteiger partial charge in [0.15, 0.2) is 0 Å². The van der Waals surface area contributed by atoms with Gasteiger partial charge < -0.3 is 19.6 Å². The van der Waals surface area contributed by atoms with Crippen molar-refractivity contribution in [1.82, 2.24) is 9.97 Å². The van der Waals surface area contributed by atoms with E-state index in [0.717, 1.165) is 31.7 Å². The zero-order valence-electron chi connectivity index (χ0n) is 12.2. The third kappa shape index (κ3) is 2.92. The SMILES string of the molecule is Cc1cc(N2CCC[C@@H]2C(=O)O)nc(N2CCOCC2)n1. The van der Waals surface area contributed by atoms with Gasteiger partial charge in [-0.25, -0.2) is 9.78 Å². The largest absolute Gasteiger partial charge is 0.480 e. The summed E-state index contributed by atoms with van der Waals surface area (Å²) in [7, 11) is 0. The summed E-state index contributed by atoms with van der Waals surface area (Å²) in [5.74, 6) is 0.606. The molecule has 3 heterocycles. The first-order valence-electron chi connectivity index (χ1n) is 7.33. The van der Waals surface area contributed by atoms with E-state index in [1.54, 1.807) is 0 Å². The summed E-state index contributed by atoms with van der Waals surface area (Å²) in [6.07, 6.45) is 1.55. The molecule has 0 amide bonds. The normalized spacial score (nSPS) is 22.6. The van der Waals surface area contributed by atoms with Crippen LogP contribution in [0.5, 0.6) is 0 Å². The van der Waals surface area contributed by atoms with E-state index in [4.69, 9.17) is 4.74 Å². The van der Waals surface area contributed by atoms with Crippen LogP contribution >= 0.6 is 0 Å². The first-order chi connectivity index (χ1) is 10.1. The summed E-state index contributed by atoms with van der Waals surface area (Å²) in [6.45, 7) is 5.54. The highest BCUT2D eigenvalue weighted by Crippen LogP contribution is 2.26. The molecule has 0 aromatic carbocycles. The molecule has 2 fully saturated rings. The molecule has 21 heavy (non-hydrogen) atoms. The van der Waals surface area contributed by atoms with E-state index in [2.05, 4.69) is 14.9 Å². The summed E-state index contributed by atoms with van der Waals surface area (Å²) in [5.41, 5.74) is 0.859. The van der Waals surface area contributed by atoms with E-state index >= 15 is 0 Å². The van der Waals surface area contributed by atoms with Crippen LogP contribution in [0.25, 0.3) is 0 Å². The summed E-state index contributed by atoms with van der Waals surface area (Å²) in [4.78, 5) is 24.4. The predicted molar refractivity (Wildman–Crippen MR) is 77.8 cm³/mol. The molecule has 2 aliphatic rings. The Morgan fingerprint density at radius 2 is 2.10 bits per heavy atom. The summed E-state index contributed by atoms with van der Waals surface area (Å²) in [6, 6.07) is 1.39. The molecular formula is C14H20N4O3. The molecule has 0 spiro atoms. The van der Waals surface area contributed by atoms with Gasteiger partial charge in [0.25, 0.3) is 0 Å². The van der Waals surface area contributed by atoms with Crippen molar-refractivity contribution >= 4 is 17.7 Å². The molecule has 0 bridgehead atoms. The number of anilines is 2. The molecule has 1 N–H and O–H groups in total. The van der Waals surface area contributed by atoms with Crippen molar-refractivity contribution in [3.63, 3.8) is 0 Å². The second kappa shape index (κ2) is 5.85. The first-order valence-corrected chi connectivity index (χ1v) is 7.33. The average Bonchev–Trinajstić information content (AvgIpc) is 2.97. The molecule has 0 aliphatic carbocycles. The number of aryl methyl sites for hydroxylation is 1. The van der Waals surface area contributed by atoms with Crippen molar-refractivity contribution in [3.05, 3.63) is 11.8 Å². The zero-order valence-corrected chi connectivity index (χ0v) is 12.2. The van der Waals surface area contributed by atoms with Crippen LogP contribution in [0.2, 0.25) is 0 Å². The summed E-state index contributed by atoms with van der Waals surface area (Å²) in [5, 5.41) is 9.32. The molecule has 2 saturated heterocycles. The molecule has 1 atom stereocenters. The van der Waals surface area contributed by atoms with Gasteiger partial charge in [-0.3, -0.25) is 0 Å². The van der Waals surface area contributed by atoms with E-state index in [1.165, 1.54) is 0 Å². The Balaban J connectivity index is 1.88. The van der Waals surface area contributed by atoms with Crippen molar-refractivity contribution in [2.45, 2.75) is 25.8 Å². The first kappa shape index (κ1) is 14.1. The topological polar surface area (TPSA) is 78.8 Å². The predicted octanol–water partition coefficient (Wildman–Crippen LogP) is 0.675. The van der Waals surface area contributed by atoms with E-state index in [0.29, 0.717) is 31.4 Å². The summed E-state index contributed by atoms with van der Waals surface area (Å²) >= 11 is 0. The number of ether oxygens (including phenoxy) is 1. The molecule has 0 radical (unpaired) electrons. The Morgan fingerprint density at radius 3 is 2.81 bits per heavy atom. The van der Waals surface area contributed by atoms with Gasteiger partial charge in [0.2, 0.25) is 5.95 Å². The monoisotopic (exact) mass is 292 g/mol. The number of aromatic nitrogens is 2. The fourth-order valence-corrected chi connectivity index (χ4v) is 2.89. The third-order valence-corrected chi connectivity index (χ3v) is 3.95. The highest BCUT2D eigenvalue weighted by molar-refractivity contribution is 5.78. The molecule has 114 valence electrons. The second-order valence-electron chi connectivity index (χ2n) is 5.46. The zero-order chi connectivity index (χ0) is 14.8. The van der Waals surface area contributed by atoms with E-state index < -0.39 is 12.0 Å². The van der Waals surface area contributed by atoms with Crippen LogP contribution in [0.1, 0.15) is 18.5 Å². The molecule has 1 aromatic rings. The Kier molecular flexibility index (Phi) is 3.92. The van der Waals surface area contributed by atoms with Gasteiger partial charge in [-0.05, 0) is 19.8 Å². The Labute approximate surface area is 123 Å². The minimum Gasteiger partial charge on any atom is -0.480 e. The number of aliphatic carboxylic acids is 1. The number of carbonyl (C=O) groups is 1. The van der Waals surface area contributed by atoms with Crippen LogP contribution in [0.3, 0.4) is 0 Å². The number of carboxylic acid groups (broad SMARTS) is 1. The summed E-state index contributed by atoms with van der Waals surface area (Å²) < 4.78 is 5.34. The third-order valence-electron chi connectivity index (χ3n) is 3.95. The average molecular weight is 292 g/mol. The fourth-order valence-electron chi connectivity index (χ4n) is 2.89. The van der Waals surface area contributed by atoms with Crippen LogP contribution in [-0.2, 0) is 9.53 Å². The maximum atomic E-state index is 11.3. The molecule has 0 saturated carbocycles. The van der Waals surface area contributed by atoms with Crippen molar-refractivity contribution in [3.8, 4) is 0 Å². The van der Waals surface area contributed by atoms with Crippen LogP contribution in [0.4, 0.5) is 11.8 Å². The quantitative estimate of drug-likeness (QED) is 0.877. The van der Waals surface area contributed by atoms with Crippen molar-refractivity contribution < 1.29 is 14.6 Å². The van der Waals surface area contributed by atoms with Gasteiger partial charge in [-0.2, -0.15) is 4.98 Å². The number of morpholine rings is 1. The maximum absolute atomic E-state index is 11.3. The Hall–Kier alpha value is -1.89. The van der Waals surface area contributed by atoms with Crippen LogP contribution in [0, 0.1) is 6.92 Å². The fraction of sp³-hybridized carbons (Fsp3) is 0.643. The highest BCUT2D eigenvalue weighted by atomic mass is 16.5. The Bertz CT molecular complexity index is 531. The molecular weight excluding hydrogens is 272 g/mol. The van der Waals surface area contributed by atoms with Gasteiger partial charge in [0.05, 0.1) is 13.2 Å². The number of hydrogen-bond acceptors (Lipinski definition) is 6. The lowest BCUT2D eigenvalue weighted by molar-refractivity contribution is -0.138. The maximum Gasteiger partial charge on any atom is 0.326 e. The van der Waals surface area contributed by atoms with Gasteiger partial charge in [0, 0.05) is 31.4 Å². The van der Waals surface area contributed by atoms with Crippen LogP contribution in [0.15, 0.2) is 6.07 Å². The van der Waals surface area contributed by atoms with E-state index in [-0.39, 0.29) is 0 Å². The molecule has 7 nitrogen and oxygen atoms in total. The lowest BCUT2D eigenvalue weighted by Gasteiger charge is -2.29. The van der Waals surface area contributed by atoms with Crippen LogP contribution in [-0.4, -0.2) is 59.9 Å². The number of rotatable bonds is 3. The molecule has 0 unspecified atom stereocenters. The van der Waals surface area contributed by atoms with Crippen LogP contribution < -0.4 is 9.80 Å². The van der Waals surface area contributed by atoms with Crippen molar-refractivity contribution in [2.75, 3.05) is 42.6 Å².